The summed E-state index contributed by atoms with van der Waals surface area (Å²) in [6, 6.07) is 6.17. The molecule has 2 amide bonds. The third-order valence-electron chi connectivity index (χ3n) is 2.84. The number of nitrogens with one attached hydrogen (secondary N) is 2. The smallest absolute Gasteiger partial charge is 0.426 e. The summed E-state index contributed by atoms with van der Waals surface area (Å²) in [4.78, 5) is 26.5. The molecule has 2 aromatic rings. The first-order chi connectivity index (χ1) is 11.1. The Hall–Kier alpha value is -2.90. The molecule has 0 unspecified atom stereocenters. The first kappa shape index (κ1) is 16.5. The zero-order valence-corrected chi connectivity index (χ0v) is 12.5. The summed E-state index contributed by atoms with van der Waals surface area (Å²) in [5.74, 6) is -0.243. The minimum absolute atomic E-state index is 0.0453. The van der Waals surface area contributed by atoms with Crippen LogP contribution in [-0.4, -0.2) is 23.6 Å². The summed E-state index contributed by atoms with van der Waals surface area (Å²) < 4.78 is 23.6. The van der Waals surface area contributed by atoms with Gasteiger partial charge in [0.2, 0.25) is 5.91 Å². The number of hydrogen-bond donors (Lipinski definition) is 2. The monoisotopic (exact) mass is 321 g/mol. The normalized spacial score (nSPS) is 10.2. The van der Waals surface area contributed by atoms with E-state index < -0.39 is 17.8 Å². The number of halogens is 1. The van der Waals surface area contributed by atoms with Gasteiger partial charge in [-0.05, 0) is 19.1 Å². The van der Waals surface area contributed by atoms with E-state index in [0.717, 1.165) is 0 Å². The van der Waals surface area contributed by atoms with E-state index in [1.54, 1.807) is 25.1 Å². The van der Waals surface area contributed by atoms with Crippen molar-refractivity contribution in [2.24, 2.45) is 0 Å². The molecule has 0 spiro atoms. The zero-order valence-electron chi connectivity index (χ0n) is 12.5. The van der Waals surface area contributed by atoms with E-state index in [-0.39, 0.29) is 19.4 Å². The zero-order chi connectivity index (χ0) is 16.7. The number of hydrogen-bond acceptors (Lipinski definition) is 5. The summed E-state index contributed by atoms with van der Waals surface area (Å²) >= 11 is 0. The molecule has 0 saturated heterocycles. The number of carbonyl (C=O) groups is 2. The molecule has 8 heteroatoms. The second-order valence-electron chi connectivity index (χ2n) is 4.49. The highest BCUT2D eigenvalue weighted by atomic mass is 19.1. The Morgan fingerprint density at radius 3 is 2.83 bits per heavy atom. The van der Waals surface area contributed by atoms with Gasteiger partial charge in [0.15, 0.2) is 11.7 Å². The maximum atomic E-state index is 13.6. The summed E-state index contributed by atoms with van der Waals surface area (Å²) in [6.07, 6.45) is 0.926. The Morgan fingerprint density at radius 2 is 2.09 bits per heavy atom. The topological polar surface area (TPSA) is 93.5 Å². The fraction of sp³-hybridized carbons (Fsp3) is 0.267. The first-order valence-corrected chi connectivity index (χ1v) is 7.01. The Morgan fingerprint density at radius 1 is 1.30 bits per heavy atom. The highest BCUT2D eigenvalue weighted by Crippen LogP contribution is 2.23. The van der Waals surface area contributed by atoms with E-state index in [9.17, 15) is 14.0 Å². The van der Waals surface area contributed by atoms with Crippen molar-refractivity contribution >= 4 is 12.0 Å². The second-order valence-corrected chi connectivity index (χ2v) is 4.49. The van der Waals surface area contributed by atoms with Crippen LogP contribution in [0.4, 0.5) is 9.18 Å². The molecule has 1 aromatic heterocycles. The predicted molar refractivity (Wildman–Crippen MR) is 78.5 cm³/mol. The van der Waals surface area contributed by atoms with Crippen LogP contribution in [0, 0.1) is 5.82 Å². The van der Waals surface area contributed by atoms with Gasteiger partial charge in [-0.1, -0.05) is 12.1 Å². The fourth-order valence-electron chi connectivity index (χ4n) is 1.78. The van der Waals surface area contributed by atoms with Gasteiger partial charge in [0.05, 0.1) is 18.4 Å². The number of hydrazine groups is 1. The lowest BCUT2D eigenvalue weighted by atomic mass is 10.2. The Kier molecular flexibility index (Phi) is 5.67. The van der Waals surface area contributed by atoms with Gasteiger partial charge in [-0.15, -0.1) is 0 Å². The highest BCUT2D eigenvalue weighted by Gasteiger charge is 2.12. The van der Waals surface area contributed by atoms with Crippen LogP contribution < -0.4 is 10.9 Å². The molecule has 2 N–H and O–H groups in total. The molecule has 1 aromatic carbocycles. The number of rotatable bonds is 5. The summed E-state index contributed by atoms with van der Waals surface area (Å²) in [5.41, 5.74) is 4.59. The Labute approximate surface area is 131 Å². The lowest BCUT2D eigenvalue weighted by Crippen LogP contribution is -2.42. The van der Waals surface area contributed by atoms with Crippen LogP contribution in [0.15, 0.2) is 34.9 Å². The molecule has 0 fully saturated rings. The number of amides is 2. The van der Waals surface area contributed by atoms with Crippen LogP contribution in [0.1, 0.15) is 19.2 Å². The number of benzene rings is 1. The van der Waals surface area contributed by atoms with Crippen LogP contribution >= 0.6 is 0 Å². The summed E-state index contributed by atoms with van der Waals surface area (Å²) in [7, 11) is 0. The van der Waals surface area contributed by atoms with E-state index >= 15 is 0 Å². The third kappa shape index (κ3) is 4.80. The third-order valence-corrected chi connectivity index (χ3v) is 2.84. The van der Waals surface area contributed by atoms with E-state index in [2.05, 4.69) is 20.6 Å². The molecular weight excluding hydrogens is 305 g/mol. The Balaban J connectivity index is 1.84. The van der Waals surface area contributed by atoms with Crippen molar-refractivity contribution in [2.45, 2.75) is 19.8 Å². The molecule has 0 aliphatic heterocycles. The van der Waals surface area contributed by atoms with Gasteiger partial charge in [-0.25, -0.2) is 19.6 Å². The number of ether oxygens (including phenoxy) is 1. The van der Waals surface area contributed by atoms with Gasteiger partial charge in [0.25, 0.3) is 0 Å². The van der Waals surface area contributed by atoms with Crippen LogP contribution in [0.25, 0.3) is 11.3 Å². The van der Waals surface area contributed by atoms with Crippen LogP contribution in [0.3, 0.4) is 0 Å². The van der Waals surface area contributed by atoms with Gasteiger partial charge in [0.1, 0.15) is 5.82 Å². The standard InChI is InChI=1S/C15H16FN3O4/c1-2-22-15(21)19-18-13(20)7-8-14-17-9-12(23-14)10-5-3-4-6-11(10)16/h3-6,9H,2,7-8H2,1H3,(H,18,20)(H,19,21). The number of carbonyl (C=O) groups excluding carboxylic acids is 2. The number of nitrogens with zero attached hydrogens (tertiary/aromatic N) is 1. The van der Waals surface area contributed by atoms with Crippen molar-refractivity contribution in [1.29, 1.82) is 0 Å². The van der Waals surface area contributed by atoms with Gasteiger partial charge in [0, 0.05) is 12.8 Å². The lowest BCUT2D eigenvalue weighted by Gasteiger charge is -2.06. The molecule has 1 heterocycles. The number of aryl methyl sites for hydroxylation is 1. The fourth-order valence-corrected chi connectivity index (χ4v) is 1.78. The van der Waals surface area contributed by atoms with Crippen molar-refractivity contribution in [3.05, 3.63) is 42.2 Å². The predicted octanol–water partition coefficient (Wildman–Crippen LogP) is 2.19. The quantitative estimate of drug-likeness (QED) is 0.823. The molecule has 0 aliphatic carbocycles. The van der Waals surface area contributed by atoms with Gasteiger partial charge in [-0.2, -0.15) is 0 Å². The van der Waals surface area contributed by atoms with Crippen LogP contribution in [-0.2, 0) is 16.0 Å². The van der Waals surface area contributed by atoms with E-state index in [0.29, 0.717) is 17.2 Å². The van der Waals surface area contributed by atoms with Crippen molar-refractivity contribution in [2.75, 3.05) is 6.61 Å². The molecule has 0 bridgehead atoms. The second kappa shape index (κ2) is 7.92. The maximum Gasteiger partial charge on any atom is 0.426 e. The number of aromatic nitrogens is 1. The summed E-state index contributed by atoms with van der Waals surface area (Å²) in [6.45, 7) is 1.86. The van der Waals surface area contributed by atoms with Gasteiger partial charge < -0.3 is 9.15 Å². The lowest BCUT2D eigenvalue weighted by molar-refractivity contribution is -0.122. The van der Waals surface area contributed by atoms with Crippen LogP contribution in [0.5, 0.6) is 0 Å². The molecular formula is C15H16FN3O4. The largest absolute Gasteiger partial charge is 0.449 e. The van der Waals surface area contributed by atoms with Crippen LogP contribution in [0.2, 0.25) is 0 Å². The van der Waals surface area contributed by atoms with Crippen molar-refractivity contribution in [3.8, 4) is 11.3 Å². The molecule has 23 heavy (non-hydrogen) atoms. The van der Waals surface area contributed by atoms with Crippen molar-refractivity contribution in [1.82, 2.24) is 15.8 Å². The molecule has 0 saturated carbocycles. The Bertz CT molecular complexity index is 687. The molecule has 7 nitrogen and oxygen atoms in total. The molecule has 0 atom stereocenters. The average molecular weight is 321 g/mol. The average Bonchev–Trinajstić information content (AvgIpc) is 3.00. The maximum absolute atomic E-state index is 13.6. The highest BCUT2D eigenvalue weighted by molar-refractivity contribution is 5.79. The minimum Gasteiger partial charge on any atom is -0.449 e. The SMILES string of the molecule is CCOC(=O)NNC(=O)CCc1ncc(-c2ccccc2F)o1. The van der Waals surface area contributed by atoms with E-state index in [1.165, 1.54) is 12.3 Å². The van der Waals surface area contributed by atoms with Gasteiger partial charge in [-0.3, -0.25) is 10.2 Å². The first-order valence-electron chi connectivity index (χ1n) is 7.01. The number of oxazole rings is 1. The molecule has 0 radical (unpaired) electrons. The van der Waals surface area contributed by atoms with E-state index in [1.807, 2.05) is 0 Å². The van der Waals surface area contributed by atoms with Crippen molar-refractivity contribution in [3.63, 3.8) is 0 Å². The molecule has 122 valence electrons. The molecule has 2 rings (SSSR count). The minimum atomic E-state index is -0.737. The summed E-state index contributed by atoms with van der Waals surface area (Å²) in [5, 5.41) is 0. The van der Waals surface area contributed by atoms with Crippen molar-refractivity contribution < 1.29 is 23.1 Å². The van der Waals surface area contributed by atoms with E-state index in [4.69, 9.17) is 4.42 Å². The molecule has 0 aliphatic rings. The van der Waals surface area contributed by atoms with Gasteiger partial charge >= 0.3 is 6.09 Å².